The second kappa shape index (κ2) is 8.08. The minimum absolute atomic E-state index is 0.0136. The lowest BCUT2D eigenvalue weighted by atomic mass is 10.1. The van der Waals surface area contributed by atoms with Crippen molar-refractivity contribution in [1.82, 2.24) is 9.97 Å². The molecule has 0 atom stereocenters. The molecule has 2 aromatic carbocycles. The Bertz CT molecular complexity index is 1400. The van der Waals surface area contributed by atoms with E-state index in [0.717, 1.165) is 29.5 Å². The van der Waals surface area contributed by atoms with Gasteiger partial charge in [-0.25, -0.2) is 27.9 Å². The second-order valence-corrected chi connectivity index (χ2v) is 9.58. The second-order valence-electron chi connectivity index (χ2n) is 6.71. The third-order valence-corrected chi connectivity index (χ3v) is 7.00. The minimum Gasteiger partial charge on any atom is -0.228 e. The number of benzene rings is 2. The summed E-state index contributed by atoms with van der Waals surface area (Å²) in [7, 11) is -3.87. The Morgan fingerprint density at radius 3 is 2.16 bits per heavy atom. The third-order valence-electron chi connectivity index (χ3n) is 4.42. The van der Waals surface area contributed by atoms with Crippen LogP contribution in [0.25, 0.3) is 33.1 Å². The molecule has 0 fully saturated rings. The van der Waals surface area contributed by atoms with E-state index in [1.807, 2.05) is 0 Å². The molecular formula is C21H13F4N3O2S2. The summed E-state index contributed by atoms with van der Waals surface area (Å²) in [6.45, 7) is 0. The van der Waals surface area contributed by atoms with Gasteiger partial charge in [-0.2, -0.15) is 13.2 Å². The van der Waals surface area contributed by atoms with Crippen molar-refractivity contribution >= 4 is 21.4 Å². The molecule has 4 rings (SSSR count). The number of alkyl halides is 3. The van der Waals surface area contributed by atoms with E-state index in [1.165, 1.54) is 18.2 Å². The van der Waals surface area contributed by atoms with Crippen LogP contribution < -0.4 is 5.14 Å². The fourth-order valence-electron chi connectivity index (χ4n) is 2.93. The van der Waals surface area contributed by atoms with E-state index in [-0.39, 0.29) is 15.7 Å². The summed E-state index contributed by atoms with van der Waals surface area (Å²) in [4.78, 5) is 8.48. The molecule has 0 unspecified atom stereocenters. The van der Waals surface area contributed by atoms with E-state index in [9.17, 15) is 26.0 Å². The number of hydrogen-bond acceptors (Lipinski definition) is 5. The predicted molar refractivity (Wildman–Crippen MR) is 113 cm³/mol. The fraction of sp³-hybridized carbons (Fsp3) is 0.0476. The Labute approximate surface area is 184 Å². The molecule has 0 amide bonds. The maximum Gasteiger partial charge on any atom is 0.433 e. The Hall–Kier alpha value is -3.15. The highest BCUT2D eigenvalue weighted by molar-refractivity contribution is 7.91. The van der Waals surface area contributed by atoms with Crippen LogP contribution in [0.4, 0.5) is 17.6 Å². The third kappa shape index (κ3) is 4.69. The molecule has 5 nitrogen and oxygen atoms in total. The van der Waals surface area contributed by atoms with E-state index in [0.29, 0.717) is 21.6 Å². The first-order chi connectivity index (χ1) is 15.0. The summed E-state index contributed by atoms with van der Waals surface area (Å²) in [6.07, 6.45) is -4.72. The van der Waals surface area contributed by atoms with Crippen molar-refractivity contribution < 1.29 is 26.0 Å². The quantitative estimate of drug-likeness (QED) is 0.400. The number of primary sulfonamides is 1. The number of halogens is 4. The van der Waals surface area contributed by atoms with Crippen LogP contribution in [0.3, 0.4) is 0 Å². The Morgan fingerprint density at radius 2 is 1.53 bits per heavy atom. The maximum absolute atomic E-state index is 13.5. The normalized spacial score (nSPS) is 12.2. The highest BCUT2D eigenvalue weighted by Crippen LogP contribution is 2.35. The van der Waals surface area contributed by atoms with Crippen molar-refractivity contribution in [2.75, 3.05) is 0 Å². The summed E-state index contributed by atoms with van der Waals surface area (Å²) in [5, 5.41) is 5.14. The summed E-state index contributed by atoms with van der Waals surface area (Å²) in [5.74, 6) is -0.703. The number of sulfonamides is 1. The van der Waals surface area contributed by atoms with Crippen LogP contribution in [-0.4, -0.2) is 18.4 Å². The van der Waals surface area contributed by atoms with Gasteiger partial charge >= 0.3 is 6.18 Å². The lowest BCUT2D eigenvalue weighted by Crippen LogP contribution is -2.10. The number of rotatable bonds is 4. The zero-order chi connectivity index (χ0) is 23.1. The van der Waals surface area contributed by atoms with Crippen LogP contribution in [-0.2, 0) is 16.2 Å². The van der Waals surface area contributed by atoms with Gasteiger partial charge in [-0.3, -0.25) is 0 Å². The molecule has 4 aromatic rings. The largest absolute Gasteiger partial charge is 0.433 e. The lowest BCUT2D eigenvalue weighted by Gasteiger charge is -2.11. The number of nitrogens with two attached hydrogens (primary N) is 1. The zero-order valence-corrected chi connectivity index (χ0v) is 17.6. The molecule has 2 aromatic heterocycles. The van der Waals surface area contributed by atoms with E-state index >= 15 is 0 Å². The van der Waals surface area contributed by atoms with Crippen LogP contribution in [0.15, 0.2) is 70.9 Å². The zero-order valence-electron chi connectivity index (χ0n) is 16.0. The first kappa shape index (κ1) is 22.1. The summed E-state index contributed by atoms with van der Waals surface area (Å²) >= 11 is 0.936. The first-order valence-electron chi connectivity index (χ1n) is 8.96. The molecule has 32 heavy (non-hydrogen) atoms. The van der Waals surface area contributed by atoms with Crippen molar-refractivity contribution in [2.24, 2.45) is 5.14 Å². The average Bonchev–Trinajstić information content (AvgIpc) is 3.24. The molecule has 0 spiro atoms. The summed E-state index contributed by atoms with van der Waals surface area (Å²) in [5.41, 5.74) is 0.00208. The average molecular weight is 479 g/mol. The number of aromatic nitrogens is 2. The Balaban J connectivity index is 1.82. The van der Waals surface area contributed by atoms with E-state index in [2.05, 4.69) is 9.97 Å². The van der Waals surface area contributed by atoms with Gasteiger partial charge in [0, 0.05) is 16.0 Å². The van der Waals surface area contributed by atoms with E-state index in [4.69, 9.17) is 5.14 Å². The van der Waals surface area contributed by atoms with E-state index < -0.39 is 27.7 Å². The molecule has 0 saturated heterocycles. The minimum atomic E-state index is -4.72. The van der Waals surface area contributed by atoms with Gasteiger partial charge in [-0.1, -0.05) is 18.2 Å². The van der Waals surface area contributed by atoms with Crippen LogP contribution in [0.5, 0.6) is 0 Å². The Morgan fingerprint density at radius 1 is 0.844 bits per heavy atom. The van der Waals surface area contributed by atoms with Gasteiger partial charge in [-0.05, 0) is 54.1 Å². The smallest absolute Gasteiger partial charge is 0.228 e. The fourth-order valence-corrected chi connectivity index (χ4v) is 4.66. The molecule has 0 radical (unpaired) electrons. The Kier molecular flexibility index (Phi) is 5.57. The van der Waals surface area contributed by atoms with Crippen molar-refractivity contribution in [2.45, 2.75) is 10.4 Å². The first-order valence-corrected chi connectivity index (χ1v) is 11.3. The molecule has 0 bridgehead atoms. The lowest BCUT2D eigenvalue weighted by molar-refractivity contribution is -0.141. The molecule has 0 saturated carbocycles. The molecule has 2 N–H and O–H groups in total. The van der Waals surface area contributed by atoms with Crippen molar-refractivity contribution in [1.29, 1.82) is 0 Å². The topological polar surface area (TPSA) is 85.9 Å². The van der Waals surface area contributed by atoms with Gasteiger partial charge in [0.15, 0.2) is 5.82 Å². The van der Waals surface area contributed by atoms with Gasteiger partial charge in [0.25, 0.3) is 0 Å². The van der Waals surface area contributed by atoms with Crippen molar-refractivity contribution in [3.63, 3.8) is 0 Å². The molecule has 164 valence electrons. The standard InChI is InChI=1S/C21H13F4N3O2S2/c22-15-6-4-12(5-7-15)16-11-18(21(23,24)25)28-20(27-16)14-3-1-2-13(10-14)17-8-9-19(31-17)32(26,29)30/h1-11H,(H2,26,29,30). The molecular weight excluding hydrogens is 466 g/mol. The highest BCUT2D eigenvalue weighted by Gasteiger charge is 2.34. The molecule has 0 aliphatic heterocycles. The van der Waals surface area contributed by atoms with Gasteiger partial charge in [0.1, 0.15) is 15.7 Å². The van der Waals surface area contributed by atoms with Crippen LogP contribution in [0.2, 0.25) is 0 Å². The van der Waals surface area contributed by atoms with Crippen molar-refractivity contribution in [3.8, 4) is 33.1 Å². The van der Waals surface area contributed by atoms with E-state index in [1.54, 1.807) is 30.3 Å². The summed E-state index contributed by atoms with van der Waals surface area (Å²) < 4.78 is 76.7. The van der Waals surface area contributed by atoms with Crippen molar-refractivity contribution in [3.05, 3.63) is 78.2 Å². The number of thiophene rings is 1. The van der Waals surface area contributed by atoms with Gasteiger partial charge in [-0.15, -0.1) is 11.3 Å². The van der Waals surface area contributed by atoms with Crippen LogP contribution in [0.1, 0.15) is 5.69 Å². The molecule has 2 heterocycles. The maximum atomic E-state index is 13.5. The molecule has 11 heteroatoms. The predicted octanol–water partition coefficient (Wildman–Crippen LogP) is 5.34. The van der Waals surface area contributed by atoms with Gasteiger partial charge in [0.2, 0.25) is 10.0 Å². The van der Waals surface area contributed by atoms with Crippen LogP contribution >= 0.6 is 11.3 Å². The van der Waals surface area contributed by atoms with Crippen LogP contribution in [0, 0.1) is 5.82 Å². The monoisotopic (exact) mass is 479 g/mol. The molecule has 0 aliphatic carbocycles. The van der Waals surface area contributed by atoms with Gasteiger partial charge in [0.05, 0.1) is 5.69 Å². The number of hydrogen-bond donors (Lipinski definition) is 1. The number of nitrogens with zero attached hydrogens (tertiary/aromatic N) is 2. The highest BCUT2D eigenvalue weighted by atomic mass is 32.2. The summed E-state index contributed by atoms with van der Waals surface area (Å²) in [6, 6.07) is 15.0. The molecule has 0 aliphatic rings. The van der Waals surface area contributed by atoms with Gasteiger partial charge < -0.3 is 0 Å². The SMILES string of the molecule is NS(=O)(=O)c1ccc(-c2cccc(-c3nc(-c4ccc(F)cc4)cc(C(F)(F)F)n3)c2)s1.